The largest absolute Gasteiger partial charge is 0.478 e. The van der Waals surface area contributed by atoms with Crippen molar-refractivity contribution >= 4 is 5.97 Å². The van der Waals surface area contributed by atoms with Gasteiger partial charge in [0.05, 0.1) is 5.56 Å². The molecule has 0 aliphatic rings. The molecule has 0 unspecified atom stereocenters. The van der Waals surface area contributed by atoms with Crippen molar-refractivity contribution in [1.29, 1.82) is 0 Å². The lowest BCUT2D eigenvalue weighted by atomic mass is 10.0. The number of carbonyl (C=O) groups is 1. The van der Waals surface area contributed by atoms with E-state index < -0.39 is 5.97 Å². The van der Waals surface area contributed by atoms with E-state index in [4.69, 9.17) is 5.11 Å². The molecule has 0 heterocycles. The number of rotatable bonds is 2. The van der Waals surface area contributed by atoms with Gasteiger partial charge in [0.1, 0.15) is 5.82 Å². The zero-order valence-electron chi connectivity index (χ0n) is 9.27. The molecule has 0 saturated carbocycles. The lowest BCUT2D eigenvalue weighted by Crippen LogP contribution is -1.96. The lowest BCUT2D eigenvalue weighted by molar-refractivity contribution is 0.0697. The van der Waals surface area contributed by atoms with Gasteiger partial charge in [0.2, 0.25) is 0 Å². The number of aryl methyl sites for hydroxylation is 1. The molecule has 0 aromatic heterocycles. The molecule has 0 aliphatic carbocycles. The van der Waals surface area contributed by atoms with Crippen LogP contribution in [-0.2, 0) is 0 Å². The van der Waals surface area contributed by atoms with Crippen LogP contribution in [0.5, 0.6) is 0 Å². The summed E-state index contributed by atoms with van der Waals surface area (Å²) in [7, 11) is 0. The maximum absolute atomic E-state index is 13.9. The van der Waals surface area contributed by atoms with Crippen LogP contribution in [0.2, 0.25) is 0 Å². The highest BCUT2D eigenvalue weighted by Gasteiger charge is 2.09. The maximum Gasteiger partial charge on any atom is 0.335 e. The summed E-state index contributed by atoms with van der Waals surface area (Å²) in [6.45, 7) is 1.68. The Morgan fingerprint density at radius 2 is 1.88 bits per heavy atom. The zero-order chi connectivity index (χ0) is 12.4. The van der Waals surface area contributed by atoms with Crippen molar-refractivity contribution in [2.75, 3.05) is 0 Å². The van der Waals surface area contributed by atoms with Crippen LogP contribution in [0.1, 0.15) is 15.9 Å². The van der Waals surface area contributed by atoms with Gasteiger partial charge in [-0.05, 0) is 30.2 Å². The summed E-state index contributed by atoms with van der Waals surface area (Å²) in [6, 6.07) is 11.3. The molecular formula is C14H11FO2. The van der Waals surface area contributed by atoms with Crippen LogP contribution >= 0.6 is 0 Å². The van der Waals surface area contributed by atoms with Crippen molar-refractivity contribution in [3.63, 3.8) is 0 Å². The Morgan fingerprint density at radius 3 is 2.59 bits per heavy atom. The third-order valence-corrected chi connectivity index (χ3v) is 2.61. The van der Waals surface area contributed by atoms with Crippen molar-refractivity contribution in [2.24, 2.45) is 0 Å². The molecule has 2 nitrogen and oxygen atoms in total. The molecule has 0 atom stereocenters. The maximum atomic E-state index is 13.9. The van der Waals surface area contributed by atoms with Gasteiger partial charge in [-0.3, -0.25) is 0 Å². The first-order valence-electron chi connectivity index (χ1n) is 5.18. The number of halogens is 1. The fourth-order valence-corrected chi connectivity index (χ4v) is 1.69. The van der Waals surface area contributed by atoms with E-state index in [1.165, 1.54) is 12.1 Å². The molecule has 2 aromatic carbocycles. The molecule has 86 valence electrons. The minimum atomic E-state index is -1.01. The average Bonchev–Trinajstić information content (AvgIpc) is 2.33. The summed E-state index contributed by atoms with van der Waals surface area (Å²) in [6.07, 6.45) is 0. The van der Waals surface area contributed by atoms with E-state index in [1.807, 2.05) is 0 Å². The molecule has 1 N–H and O–H groups in total. The molecule has 2 aromatic rings. The van der Waals surface area contributed by atoms with E-state index in [2.05, 4.69) is 0 Å². The summed E-state index contributed by atoms with van der Waals surface area (Å²) in [5.41, 5.74) is 1.70. The fourth-order valence-electron chi connectivity index (χ4n) is 1.69. The highest BCUT2D eigenvalue weighted by Crippen LogP contribution is 2.25. The van der Waals surface area contributed by atoms with E-state index in [9.17, 15) is 9.18 Å². The molecule has 0 radical (unpaired) electrons. The molecular weight excluding hydrogens is 219 g/mol. The number of carboxylic acid groups (broad SMARTS) is 1. The van der Waals surface area contributed by atoms with Crippen molar-refractivity contribution in [1.82, 2.24) is 0 Å². The quantitative estimate of drug-likeness (QED) is 0.857. The number of carboxylic acids is 1. The SMILES string of the molecule is Cc1cccc(-c2cccc(C(=O)O)c2)c1F. The van der Waals surface area contributed by atoms with E-state index >= 15 is 0 Å². The second-order valence-corrected chi connectivity index (χ2v) is 3.82. The van der Waals surface area contributed by atoms with Crippen LogP contribution in [0.3, 0.4) is 0 Å². The minimum absolute atomic E-state index is 0.156. The monoisotopic (exact) mass is 230 g/mol. The normalized spacial score (nSPS) is 10.2. The highest BCUT2D eigenvalue weighted by molar-refractivity contribution is 5.89. The standard InChI is InChI=1S/C14H11FO2/c1-9-4-2-7-12(13(9)15)10-5-3-6-11(8-10)14(16)17/h2-8H,1H3,(H,16,17). The van der Waals surface area contributed by atoms with Gasteiger partial charge < -0.3 is 5.11 Å². The second kappa shape index (κ2) is 4.37. The molecule has 17 heavy (non-hydrogen) atoms. The minimum Gasteiger partial charge on any atom is -0.478 e. The van der Waals surface area contributed by atoms with Crippen molar-refractivity contribution < 1.29 is 14.3 Å². The van der Waals surface area contributed by atoms with Crippen LogP contribution in [0.25, 0.3) is 11.1 Å². The van der Waals surface area contributed by atoms with Crippen LogP contribution in [-0.4, -0.2) is 11.1 Å². The Bertz CT molecular complexity index is 576. The average molecular weight is 230 g/mol. The zero-order valence-corrected chi connectivity index (χ0v) is 9.27. The topological polar surface area (TPSA) is 37.3 Å². The smallest absolute Gasteiger partial charge is 0.335 e. The first-order valence-corrected chi connectivity index (χ1v) is 5.18. The van der Waals surface area contributed by atoms with Crippen molar-refractivity contribution in [3.05, 3.63) is 59.4 Å². The summed E-state index contributed by atoms with van der Waals surface area (Å²) >= 11 is 0. The number of hydrogen-bond acceptors (Lipinski definition) is 1. The van der Waals surface area contributed by atoms with E-state index in [-0.39, 0.29) is 11.4 Å². The van der Waals surface area contributed by atoms with Gasteiger partial charge in [-0.25, -0.2) is 9.18 Å². The molecule has 0 amide bonds. The highest BCUT2D eigenvalue weighted by atomic mass is 19.1. The van der Waals surface area contributed by atoms with Crippen molar-refractivity contribution in [2.45, 2.75) is 6.92 Å². The molecule has 2 rings (SSSR count). The van der Waals surface area contributed by atoms with Crippen LogP contribution in [0.4, 0.5) is 4.39 Å². The second-order valence-electron chi connectivity index (χ2n) is 3.82. The predicted octanol–water partition coefficient (Wildman–Crippen LogP) is 3.50. The number of benzene rings is 2. The van der Waals surface area contributed by atoms with Crippen molar-refractivity contribution in [3.8, 4) is 11.1 Å². The molecule has 0 bridgehead atoms. The number of hydrogen-bond donors (Lipinski definition) is 1. The van der Waals surface area contributed by atoms with Gasteiger partial charge in [-0.15, -0.1) is 0 Å². The van der Waals surface area contributed by atoms with Gasteiger partial charge in [0, 0.05) is 5.56 Å². The Labute approximate surface area is 98.3 Å². The van der Waals surface area contributed by atoms with Gasteiger partial charge in [0.25, 0.3) is 0 Å². The third-order valence-electron chi connectivity index (χ3n) is 2.61. The molecule has 0 aliphatic heterocycles. The first kappa shape index (κ1) is 11.3. The molecule has 0 fully saturated rings. The molecule has 3 heteroatoms. The first-order chi connectivity index (χ1) is 8.09. The Balaban J connectivity index is 2.57. The summed E-state index contributed by atoms with van der Waals surface area (Å²) < 4.78 is 13.9. The summed E-state index contributed by atoms with van der Waals surface area (Å²) in [4.78, 5) is 10.8. The summed E-state index contributed by atoms with van der Waals surface area (Å²) in [5.74, 6) is -1.32. The van der Waals surface area contributed by atoms with Crippen LogP contribution in [0, 0.1) is 12.7 Å². The van der Waals surface area contributed by atoms with Gasteiger partial charge in [-0.2, -0.15) is 0 Å². The van der Waals surface area contributed by atoms with E-state index in [0.29, 0.717) is 16.7 Å². The number of aromatic carboxylic acids is 1. The van der Waals surface area contributed by atoms with Crippen LogP contribution in [0.15, 0.2) is 42.5 Å². The molecule has 0 spiro atoms. The third kappa shape index (κ3) is 2.18. The summed E-state index contributed by atoms with van der Waals surface area (Å²) in [5, 5.41) is 8.89. The predicted molar refractivity (Wildman–Crippen MR) is 63.5 cm³/mol. The van der Waals surface area contributed by atoms with Gasteiger partial charge >= 0.3 is 5.97 Å². The van der Waals surface area contributed by atoms with Crippen LogP contribution < -0.4 is 0 Å². The van der Waals surface area contributed by atoms with Gasteiger partial charge in [-0.1, -0.05) is 30.3 Å². The fraction of sp³-hybridized carbons (Fsp3) is 0.0714. The molecule has 0 saturated heterocycles. The lowest BCUT2D eigenvalue weighted by Gasteiger charge is -2.06. The van der Waals surface area contributed by atoms with E-state index in [1.54, 1.807) is 37.3 Å². The van der Waals surface area contributed by atoms with E-state index in [0.717, 1.165) is 0 Å². The Hall–Kier alpha value is -2.16. The Morgan fingerprint density at radius 1 is 1.18 bits per heavy atom. The van der Waals surface area contributed by atoms with Gasteiger partial charge in [0.15, 0.2) is 0 Å². The Kier molecular flexibility index (Phi) is 2.91.